The van der Waals surface area contributed by atoms with Gasteiger partial charge in [0.25, 0.3) is 0 Å². The Bertz CT molecular complexity index is 175. The van der Waals surface area contributed by atoms with Crippen molar-refractivity contribution in [1.29, 1.82) is 0 Å². The van der Waals surface area contributed by atoms with Gasteiger partial charge in [0.1, 0.15) is 0 Å². The highest BCUT2D eigenvalue weighted by Gasteiger charge is 2.12. The zero-order valence-corrected chi connectivity index (χ0v) is 10.8. The molecule has 0 bridgehead atoms. The lowest BCUT2D eigenvalue weighted by Gasteiger charge is -2.32. The Balaban J connectivity index is 2.10. The van der Waals surface area contributed by atoms with E-state index >= 15 is 0 Å². The summed E-state index contributed by atoms with van der Waals surface area (Å²) >= 11 is 0. The molecule has 0 spiro atoms. The quantitative estimate of drug-likeness (QED) is 0.563. The van der Waals surface area contributed by atoms with Crippen LogP contribution in [0, 0.1) is 0 Å². The van der Waals surface area contributed by atoms with E-state index in [1.165, 1.54) is 0 Å². The SMILES string of the molecule is COCCN(C)N(C)CCN1CCOCC1. The summed E-state index contributed by atoms with van der Waals surface area (Å²) in [5.74, 6) is 0. The van der Waals surface area contributed by atoms with Crippen molar-refractivity contribution in [3.8, 4) is 0 Å². The van der Waals surface area contributed by atoms with Gasteiger partial charge >= 0.3 is 0 Å². The van der Waals surface area contributed by atoms with Crippen LogP contribution in [0.25, 0.3) is 0 Å². The standard InChI is InChI=1S/C11H25N3O2/c1-12(13(2)6-9-15-3)4-5-14-7-10-16-11-8-14/h4-11H2,1-3H3. The molecule has 5 nitrogen and oxygen atoms in total. The third kappa shape index (κ3) is 5.23. The molecule has 0 aromatic carbocycles. The normalized spacial score (nSPS) is 18.6. The van der Waals surface area contributed by atoms with Gasteiger partial charge in [0, 0.05) is 53.9 Å². The molecule has 0 radical (unpaired) electrons. The van der Waals surface area contributed by atoms with Gasteiger partial charge < -0.3 is 9.47 Å². The van der Waals surface area contributed by atoms with Crippen molar-refractivity contribution >= 4 is 0 Å². The molecule has 0 aromatic heterocycles. The van der Waals surface area contributed by atoms with Gasteiger partial charge in [-0.25, -0.2) is 10.0 Å². The van der Waals surface area contributed by atoms with Crippen molar-refractivity contribution in [3.05, 3.63) is 0 Å². The lowest BCUT2D eigenvalue weighted by molar-refractivity contribution is -0.0135. The van der Waals surface area contributed by atoms with E-state index in [0.29, 0.717) is 0 Å². The predicted molar refractivity (Wildman–Crippen MR) is 64.4 cm³/mol. The molecule has 0 aliphatic carbocycles. The van der Waals surface area contributed by atoms with Gasteiger partial charge in [0.15, 0.2) is 0 Å². The molecule has 1 saturated heterocycles. The van der Waals surface area contributed by atoms with Crippen molar-refractivity contribution in [1.82, 2.24) is 14.9 Å². The molecular formula is C11H25N3O2. The first kappa shape index (κ1) is 13.9. The Morgan fingerprint density at radius 2 is 1.75 bits per heavy atom. The van der Waals surface area contributed by atoms with Crippen LogP contribution in [-0.2, 0) is 9.47 Å². The van der Waals surface area contributed by atoms with Crippen LogP contribution in [-0.4, -0.2) is 88.7 Å². The molecule has 0 saturated carbocycles. The van der Waals surface area contributed by atoms with Gasteiger partial charge in [-0.15, -0.1) is 0 Å². The van der Waals surface area contributed by atoms with Crippen molar-refractivity contribution in [2.24, 2.45) is 0 Å². The first-order valence-electron chi connectivity index (χ1n) is 5.95. The number of hydrogen-bond donors (Lipinski definition) is 0. The minimum Gasteiger partial charge on any atom is -0.383 e. The number of hydrazine groups is 1. The first-order chi connectivity index (χ1) is 7.74. The van der Waals surface area contributed by atoms with Gasteiger partial charge in [-0.3, -0.25) is 4.90 Å². The van der Waals surface area contributed by atoms with Crippen molar-refractivity contribution in [2.75, 3.05) is 73.7 Å². The summed E-state index contributed by atoms with van der Waals surface area (Å²) < 4.78 is 10.4. The average Bonchev–Trinajstić information content (AvgIpc) is 2.34. The molecule has 0 amide bonds. The molecule has 1 aliphatic heterocycles. The Labute approximate surface area is 98.9 Å². The van der Waals surface area contributed by atoms with Crippen LogP contribution in [0.4, 0.5) is 0 Å². The maximum Gasteiger partial charge on any atom is 0.0603 e. The molecule has 0 aromatic rings. The second-order valence-corrected chi connectivity index (χ2v) is 4.21. The number of ether oxygens (including phenoxy) is 2. The van der Waals surface area contributed by atoms with Crippen LogP contribution in [0.3, 0.4) is 0 Å². The number of hydrogen-bond acceptors (Lipinski definition) is 5. The second-order valence-electron chi connectivity index (χ2n) is 4.21. The van der Waals surface area contributed by atoms with E-state index in [1.807, 2.05) is 0 Å². The zero-order chi connectivity index (χ0) is 11.8. The number of morpholine rings is 1. The average molecular weight is 231 g/mol. The predicted octanol–water partition coefficient (Wildman–Crippen LogP) is -0.256. The van der Waals surface area contributed by atoms with E-state index in [2.05, 4.69) is 29.0 Å². The van der Waals surface area contributed by atoms with Crippen LogP contribution in [0.5, 0.6) is 0 Å². The van der Waals surface area contributed by atoms with Gasteiger partial charge in [-0.1, -0.05) is 0 Å². The summed E-state index contributed by atoms with van der Waals surface area (Å²) in [4.78, 5) is 2.45. The molecule has 5 heteroatoms. The van der Waals surface area contributed by atoms with Crippen LogP contribution in [0.1, 0.15) is 0 Å². The van der Waals surface area contributed by atoms with Crippen LogP contribution < -0.4 is 0 Å². The van der Waals surface area contributed by atoms with E-state index in [1.54, 1.807) is 7.11 Å². The fraction of sp³-hybridized carbons (Fsp3) is 1.00. The summed E-state index contributed by atoms with van der Waals surface area (Å²) in [6, 6.07) is 0. The maximum absolute atomic E-state index is 5.32. The summed E-state index contributed by atoms with van der Waals surface area (Å²) in [5, 5.41) is 4.44. The molecule has 1 rings (SSSR count). The molecular weight excluding hydrogens is 206 g/mol. The van der Waals surface area contributed by atoms with Crippen LogP contribution in [0.15, 0.2) is 0 Å². The minimum absolute atomic E-state index is 0.776. The molecule has 1 heterocycles. The monoisotopic (exact) mass is 231 g/mol. The Hall–Kier alpha value is -0.200. The highest BCUT2D eigenvalue weighted by Crippen LogP contribution is 1.98. The number of methoxy groups -OCH3 is 1. The smallest absolute Gasteiger partial charge is 0.0603 e. The number of likely N-dealkylation sites (N-methyl/N-ethyl adjacent to an activating group) is 2. The molecule has 1 aliphatic rings. The highest BCUT2D eigenvalue weighted by molar-refractivity contribution is 4.63. The molecule has 0 unspecified atom stereocenters. The molecule has 1 fully saturated rings. The molecule has 96 valence electrons. The largest absolute Gasteiger partial charge is 0.383 e. The Kier molecular flexibility index (Phi) is 6.91. The van der Waals surface area contributed by atoms with Crippen LogP contribution in [0.2, 0.25) is 0 Å². The highest BCUT2D eigenvalue weighted by atomic mass is 16.5. The first-order valence-corrected chi connectivity index (χ1v) is 5.95. The van der Waals surface area contributed by atoms with E-state index in [0.717, 1.165) is 52.5 Å². The zero-order valence-electron chi connectivity index (χ0n) is 10.8. The fourth-order valence-corrected chi connectivity index (χ4v) is 1.68. The van der Waals surface area contributed by atoms with Crippen molar-refractivity contribution in [3.63, 3.8) is 0 Å². The third-order valence-electron chi connectivity index (χ3n) is 3.05. The number of rotatable bonds is 7. The summed E-state index contributed by atoms with van der Waals surface area (Å²) in [6.07, 6.45) is 0. The summed E-state index contributed by atoms with van der Waals surface area (Å²) in [7, 11) is 5.95. The third-order valence-corrected chi connectivity index (χ3v) is 3.05. The minimum atomic E-state index is 0.776. The van der Waals surface area contributed by atoms with E-state index < -0.39 is 0 Å². The Morgan fingerprint density at radius 3 is 2.38 bits per heavy atom. The molecule has 16 heavy (non-hydrogen) atoms. The van der Waals surface area contributed by atoms with Crippen molar-refractivity contribution in [2.45, 2.75) is 0 Å². The van der Waals surface area contributed by atoms with Crippen LogP contribution >= 0.6 is 0 Å². The van der Waals surface area contributed by atoms with E-state index in [-0.39, 0.29) is 0 Å². The summed E-state index contributed by atoms with van der Waals surface area (Å²) in [6.45, 7) is 7.77. The van der Waals surface area contributed by atoms with Crippen molar-refractivity contribution < 1.29 is 9.47 Å². The van der Waals surface area contributed by atoms with Gasteiger partial charge in [0.05, 0.1) is 19.8 Å². The molecule has 0 N–H and O–H groups in total. The lowest BCUT2D eigenvalue weighted by Crippen LogP contribution is -2.45. The maximum atomic E-state index is 5.32. The topological polar surface area (TPSA) is 28.2 Å². The molecule has 0 atom stereocenters. The van der Waals surface area contributed by atoms with Gasteiger partial charge in [-0.05, 0) is 0 Å². The second kappa shape index (κ2) is 7.97. The summed E-state index contributed by atoms with van der Waals surface area (Å²) in [5.41, 5.74) is 0. The van der Waals surface area contributed by atoms with Gasteiger partial charge in [-0.2, -0.15) is 0 Å². The Morgan fingerprint density at radius 1 is 1.12 bits per heavy atom. The van der Waals surface area contributed by atoms with E-state index in [9.17, 15) is 0 Å². The van der Waals surface area contributed by atoms with E-state index in [4.69, 9.17) is 9.47 Å². The fourth-order valence-electron chi connectivity index (χ4n) is 1.68. The number of nitrogens with zero attached hydrogens (tertiary/aromatic N) is 3. The lowest BCUT2D eigenvalue weighted by atomic mass is 10.4. The van der Waals surface area contributed by atoms with Gasteiger partial charge in [0.2, 0.25) is 0 Å².